The van der Waals surface area contributed by atoms with Gasteiger partial charge in [-0.2, -0.15) is 13.2 Å². The Kier molecular flexibility index (Phi) is 4.14. The topological polar surface area (TPSA) is 175 Å². The lowest BCUT2D eigenvalue weighted by molar-refractivity contribution is -0.384. The second-order valence-corrected chi connectivity index (χ2v) is 5.73. The first-order chi connectivity index (χ1) is 13.3. The molecule has 2 amide bonds. The van der Waals surface area contributed by atoms with Crippen molar-refractivity contribution in [1.29, 1.82) is 0 Å². The Morgan fingerprint density at radius 1 is 1.17 bits per heavy atom. The van der Waals surface area contributed by atoms with Crippen molar-refractivity contribution < 1.29 is 37.6 Å². The van der Waals surface area contributed by atoms with Crippen molar-refractivity contribution in [2.45, 2.75) is 6.18 Å². The van der Waals surface area contributed by atoms with Crippen LogP contribution in [0.3, 0.4) is 0 Å². The summed E-state index contributed by atoms with van der Waals surface area (Å²) in [5, 5.41) is 22.5. The number of imide groups is 1. The molecule has 14 heteroatoms. The summed E-state index contributed by atoms with van der Waals surface area (Å²) in [5.74, 6) is -4.92. The van der Waals surface area contributed by atoms with Crippen LogP contribution < -0.4 is 16.6 Å². The average Bonchev–Trinajstić information content (AvgIpc) is 2.87. The molecule has 2 heterocycles. The summed E-state index contributed by atoms with van der Waals surface area (Å²) < 4.78 is 39.3. The summed E-state index contributed by atoms with van der Waals surface area (Å²) in [6.45, 7) is 0. The van der Waals surface area contributed by atoms with Crippen LogP contribution in [-0.4, -0.2) is 32.4 Å². The number of pyridine rings is 1. The van der Waals surface area contributed by atoms with Crippen LogP contribution in [0, 0.1) is 10.1 Å². The first-order valence-electron chi connectivity index (χ1n) is 7.39. The van der Waals surface area contributed by atoms with Crippen molar-refractivity contribution in [3.8, 4) is 5.69 Å². The zero-order valence-corrected chi connectivity index (χ0v) is 13.7. The van der Waals surface area contributed by atoms with Crippen molar-refractivity contribution in [2.75, 3.05) is 5.73 Å². The highest BCUT2D eigenvalue weighted by atomic mass is 19.4. The summed E-state index contributed by atoms with van der Waals surface area (Å²) in [6, 6.07) is 0.694. The van der Waals surface area contributed by atoms with Crippen LogP contribution in [0.25, 0.3) is 5.69 Å². The first-order valence-corrected chi connectivity index (χ1v) is 7.39. The molecule has 0 saturated carbocycles. The molecule has 0 saturated heterocycles. The number of alkyl halides is 3. The maximum Gasteiger partial charge on any atom is 0.416 e. The highest BCUT2D eigenvalue weighted by molar-refractivity contribution is 6.23. The number of halogens is 3. The van der Waals surface area contributed by atoms with Gasteiger partial charge in [-0.1, -0.05) is 0 Å². The van der Waals surface area contributed by atoms with Gasteiger partial charge >= 0.3 is 12.1 Å². The number of aromatic nitrogens is 1. The molecule has 0 radical (unpaired) electrons. The van der Waals surface area contributed by atoms with Gasteiger partial charge in [0.15, 0.2) is 0 Å². The molecule has 150 valence electrons. The van der Waals surface area contributed by atoms with Crippen molar-refractivity contribution in [1.82, 2.24) is 9.88 Å². The van der Waals surface area contributed by atoms with Crippen LogP contribution in [-0.2, 0) is 6.18 Å². The van der Waals surface area contributed by atoms with Gasteiger partial charge in [0.05, 0.1) is 27.2 Å². The number of carbonyl (C=O) groups excluding carboxylic acids is 2. The number of hydrogen-bond donors (Lipinski definition) is 3. The molecule has 1 aliphatic rings. The number of hydrogen-bond acceptors (Lipinski definition) is 7. The third kappa shape index (κ3) is 2.95. The highest BCUT2D eigenvalue weighted by Gasteiger charge is 2.38. The fourth-order valence-electron chi connectivity index (χ4n) is 2.83. The normalized spacial score (nSPS) is 13.2. The van der Waals surface area contributed by atoms with E-state index in [2.05, 4.69) is 0 Å². The number of nitro benzene ring substituents is 1. The van der Waals surface area contributed by atoms with E-state index in [1.165, 1.54) is 0 Å². The first kappa shape index (κ1) is 19.5. The average molecular weight is 412 g/mol. The Morgan fingerprint density at radius 2 is 1.79 bits per heavy atom. The van der Waals surface area contributed by atoms with E-state index in [0.29, 0.717) is 6.07 Å². The number of nitrogens with zero attached hydrogens (tertiary/aromatic N) is 2. The SMILES string of the molecule is Nc1c2c(cc(=O)n1-c1c(C(=O)O)cc(C(F)(F)F)cc1[N+](=O)[O-])C(=O)NC2=O. The molecule has 3 rings (SSSR count). The number of carboxylic acids is 1. The Morgan fingerprint density at radius 3 is 2.31 bits per heavy atom. The molecule has 0 aliphatic carbocycles. The molecule has 11 nitrogen and oxygen atoms in total. The largest absolute Gasteiger partial charge is 0.478 e. The van der Waals surface area contributed by atoms with E-state index < -0.39 is 73.9 Å². The number of carbonyl (C=O) groups is 3. The van der Waals surface area contributed by atoms with E-state index in [9.17, 15) is 47.6 Å². The van der Waals surface area contributed by atoms with Crippen molar-refractivity contribution in [2.24, 2.45) is 0 Å². The Bertz CT molecular complexity index is 1160. The molecule has 1 aliphatic heterocycles. The van der Waals surface area contributed by atoms with Crippen molar-refractivity contribution in [3.05, 3.63) is 60.9 Å². The quantitative estimate of drug-likeness (QED) is 0.379. The van der Waals surface area contributed by atoms with Gasteiger partial charge in [-0.25, -0.2) is 4.79 Å². The fraction of sp³-hybridized carbons (Fsp3) is 0.0667. The number of nitrogen functional groups attached to an aromatic ring is 1. The van der Waals surface area contributed by atoms with E-state index in [-0.39, 0.29) is 16.7 Å². The molecule has 1 aromatic heterocycles. The second kappa shape index (κ2) is 6.15. The molecule has 1 aromatic carbocycles. The third-order valence-electron chi connectivity index (χ3n) is 4.02. The molecule has 0 bridgehead atoms. The van der Waals surface area contributed by atoms with Crippen molar-refractivity contribution in [3.63, 3.8) is 0 Å². The van der Waals surface area contributed by atoms with Crippen molar-refractivity contribution >= 4 is 29.3 Å². The molecule has 0 fully saturated rings. The molecular weight excluding hydrogens is 405 g/mol. The van der Waals surface area contributed by atoms with E-state index >= 15 is 0 Å². The lowest BCUT2D eigenvalue weighted by atomic mass is 10.0. The molecule has 29 heavy (non-hydrogen) atoms. The summed E-state index contributed by atoms with van der Waals surface area (Å²) in [4.78, 5) is 57.6. The van der Waals surface area contributed by atoms with Gasteiger partial charge in [0.25, 0.3) is 23.1 Å². The number of rotatable bonds is 3. The zero-order chi connectivity index (χ0) is 21.8. The maximum atomic E-state index is 13.0. The number of benzene rings is 1. The fourth-order valence-corrected chi connectivity index (χ4v) is 2.83. The van der Waals surface area contributed by atoms with E-state index in [0.717, 1.165) is 0 Å². The molecule has 0 unspecified atom stereocenters. The molecule has 0 atom stereocenters. The van der Waals surface area contributed by atoms with Crippen LogP contribution in [0.15, 0.2) is 23.0 Å². The maximum absolute atomic E-state index is 13.0. The third-order valence-corrected chi connectivity index (χ3v) is 4.02. The Hall–Kier alpha value is -4.23. The van der Waals surface area contributed by atoms with Crippen LogP contribution in [0.2, 0.25) is 0 Å². The number of nitrogens with two attached hydrogens (primary N) is 1. The molecule has 2 aromatic rings. The highest BCUT2D eigenvalue weighted by Crippen LogP contribution is 2.37. The minimum Gasteiger partial charge on any atom is -0.478 e. The number of fused-ring (bicyclic) bond motifs is 1. The van der Waals surface area contributed by atoms with E-state index in [1.54, 1.807) is 0 Å². The van der Waals surface area contributed by atoms with Crippen LogP contribution >= 0.6 is 0 Å². The number of nitrogens with one attached hydrogen (secondary N) is 1. The molecule has 0 spiro atoms. The lowest BCUT2D eigenvalue weighted by Gasteiger charge is -2.16. The van der Waals surface area contributed by atoms with Gasteiger partial charge in [-0.15, -0.1) is 0 Å². The number of nitro groups is 1. The minimum atomic E-state index is -5.13. The van der Waals surface area contributed by atoms with Crippen LogP contribution in [0.1, 0.15) is 36.6 Å². The summed E-state index contributed by atoms with van der Waals surface area (Å²) >= 11 is 0. The summed E-state index contributed by atoms with van der Waals surface area (Å²) in [6.07, 6.45) is -5.13. The molecule has 4 N–H and O–H groups in total. The monoisotopic (exact) mass is 412 g/mol. The number of aromatic carboxylic acids is 1. The van der Waals surface area contributed by atoms with E-state index in [1.807, 2.05) is 5.32 Å². The van der Waals surface area contributed by atoms with Gasteiger partial charge < -0.3 is 10.8 Å². The molecular formula is C15H7F3N4O7. The predicted molar refractivity (Wildman–Crippen MR) is 86.9 cm³/mol. The van der Waals surface area contributed by atoms with E-state index in [4.69, 9.17) is 5.73 Å². The minimum absolute atomic E-state index is 0.0338. The predicted octanol–water partition coefficient (Wildman–Crippen LogP) is 0.928. The Labute approximate surface area is 156 Å². The van der Waals surface area contributed by atoms with Gasteiger partial charge in [0.1, 0.15) is 11.5 Å². The Balaban J connectivity index is 2.50. The smallest absolute Gasteiger partial charge is 0.416 e. The zero-order valence-electron chi connectivity index (χ0n) is 13.7. The summed E-state index contributed by atoms with van der Waals surface area (Å²) in [5.41, 5.74) is -1.99. The number of anilines is 1. The number of carboxylic acid groups (broad SMARTS) is 1. The second-order valence-electron chi connectivity index (χ2n) is 5.73. The van der Waals surface area contributed by atoms with Gasteiger partial charge in [0, 0.05) is 12.1 Å². The standard InChI is InChI=1S/C15H7F3N4O7/c16-15(17,18)4-1-6(14(26)27)10(7(2-4)22(28)29)21-8(23)3-5-9(11(21)19)13(25)20-12(5)24/h1-3H,19H2,(H,26,27)(H,20,24,25). The van der Waals surface area contributed by atoms with Crippen LogP contribution in [0.4, 0.5) is 24.7 Å². The van der Waals surface area contributed by atoms with Gasteiger partial charge in [-0.3, -0.25) is 34.4 Å². The van der Waals surface area contributed by atoms with Crippen LogP contribution in [0.5, 0.6) is 0 Å². The van der Waals surface area contributed by atoms with Gasteiger partial charge in [-0.05, 0) is 6.07 Å². The lowest BCUT2D eigenvalue weighted by Crippen LogP contribution is -2.27. The number of amides is 2. The van der Waals surface area contributed by atoms with Gasteiger partial charge in [0.2, 0.25) is 0 Å². The summed E-state index contributed by atoms with van der Waals surface area (Å²) in [7, 11) is 0.